The van der Waals surface area contributed by atoms with Gasteiger partial charge in [0.05, 0.1) is 0 Å². The quantitative estimate of drug-likeness (QED) is 0.751. The minimum absolute atomic E-state index is 0.548. The zero-order chi connectivity index (χ0) is 10.7. The number of hydrogen-bond donors (Lipinski definition) is 1. The second-order valence-electron chi connectivity index (χ2n) is 4.48. The molecule has 1 heterocycles. The first-order valence-electron chi connectivity index (χ1n) is 6.16. The van der Waals surface area contributed by atoms with Gasteiger partial charge >= 0.3 is 0 Å². The molecule has 1 unspecified atom stereocenters. The van der Waals surface area contributed by atoms with Gasteiger partial charge in [0.25, 0.3) is 0 Å². The van der Waals surface area contributed by atoms with Crippen molar-refractivity contribution in [3.05, 3.63) is 21.4 Å². The van der Waals surface area contributed by atoms with Crippen LogP contribution in [0.4, 0.5) is 0 Å². The van der Waals surface area contributed by atoms with Crippen LogP contribution >= 0.6 is 11.3 Å². The minimum Gasteiger partial charge on any atom is -0.309 e. The van der Waals surface area contributed by atoms with Crippen LogP contribution in [0.3, 0.4) is 0 Å². The summed E-state index contributed by atoms with van der Waals surface area (Å²) >= 11 is 2.03. The third-order valence-corrected chi connectivity index (χ3v) is 4.59. The third kappa shape index (κ3) is 2.61. The Morgan fingerprint density at radius 2 is 2.33 bits per heavy atom. The van der Waals surface area contributed by atoms with E-state index in [2.05, 4.69) is 25.2 Å². The van der Waals surface area contributed by atoms with Gasteiger partial charge in [0.2, 0.25) is 0 Å². The van der Waals surface area contributed by atoms with Gasteiger partial charge in [-0.15, -0.1) is 11.3 Å². The molecular formula is C13H21NS. The van der Waals surface area contributed by atoms with Crippen LogP contribution in [0.2, 0.25) is 0 Å². The van der Waals surface area contributed by atoms with Crippen LogP contribution in [0.5, 0.6) is 0 Å². The molecule has 84 valence electrons. The number of thiophene rings is 1. The predicted octanol–water partition coefficient (Wildman–Crippen LogP) is 3.69. The Morgan fingerprint density at radius 1 is 1.47 bits per heavy atom. The summed E-state index contributed by atoms with van der Waals surface area (Å²) in [4.78, 5) is 3.19. The van der Waals surface area contributed by atoms with Gasteiger partial charge < -0.3 is 5.32 Å². The smallest absolute Gasteiger partial charge is 0.0386 e. The molecule has 0 saturated heterocycles. The molecule has 0 aromatic carbocycles. The second kappa shape index (κ2) is 5.13. The van der Waals surface area contributed by atoms with Crippen molar-refractivity contribution in [1.29, 1.82) is 0 Å². The number of aryl methyl sites for hydroxylation is 2. The Morgan fingerprint density at radius 3 is 3.07 bits per heavy atom. The van der Waals surface area contributed by atoms with Crippen molar-refractivity contribution in [2.24, 2.45) is 0 Å². The van der Waals surface area contributed by atoms with E-state index in [1.807, 2.05) is 11.3 Å². The fourth-order valence-electron chi connectivity index (χ4n) is 2.16. The summed E-state index contributed by atoms with van der Waals surface area (Å²) in [6, 6.07) is 2.98. The van der Waals surface area contributed by atoms with Crippen molar-refractivity contribution in [2.45, 2.75) is 52.0 Å². The molecule has 1 aromatic heterocycles. The number of unbranched alkanes of at least 4 members (excludes halogenated alkanes) is 1. The summed E-state index contributed by atoms with van der Waals surface area (Å²) < 4.78 is 0. The molecule has 0 spiro atoms. The largest absolute Gasteiger partial charge is 0.309 e. The van der Waals surface area contributed by atoms with Crippen LogP contribution in [-0.4, -0.2) is 6.54 Å². The van der Waals surface area contributed by atoms with Gasteiger partial charge in [-0.1, -0.05) is 13.3 Å². The Balaban J connectivity index is 1.91. The Hall–Kier alpha value is -0.340. The molecule has 1 aromatic rings. The van der Waals surface area contributed by atoms with Crippen LogP contribution in [0.25, 0.3) is 0 Å². The molecule has 0 fully saturated rings. The molecule has 1 nitrogen and oxygen atoms in total. The standard InChI is InChI=1S/C13H21NS/c1-3-4-8-14-10(2)13-9-11-6-5-7-12(11)15-13/h9-10,14H,3-8H2,1-2H3. The number of fused-ring (bicyclic) bond motifs is 1. The monoisotopic (exact) mass is 223 g/mol. The Bertz CT molecular complexity index is 295. The SMILES string of the molecule is CCCCNC(C)c1cc2c(s1)CCC2. The third-order valence-electron chi connectivity index (χ3n) is 3.17. The van der Waals surface area contributed by atoms with Crippen molar-refractivity contribution >= 4 is 11.3 Å². The lowest BCUT2D eigenvalue weighted by molar-refractivity contribution is 0.561. The number of rotatable bonds is 5. The van der Waals surface area contributed by atoms with Gasteiger partial charge in [-0.25, -0.2) is 0 Å². The molecule has 1 aliphatic carbocycles. The zero-order valence-corrected chi connectivity index (χ0v) is 10.6. The predicted molar refractivity (Wildman–Crippen MR) is 67.7 cm³/mol. The molecule has 15 heavy (non-hydrogen) atoms. The van der Waals surface area contributed by atoms with E-state index in [0.29, 0.717) is 6.04 Å². The van der Waals surface area contributed by atoms with Crippen LogP contribution in [0.1, 0.15) is 54.5 Å². The fourth-order valence-corrected chi connectivity index (χ4v) is 3.45. The van der Waals surface area contributed by atoms with Gasteiger partial charge in [0, 0.05) is 15.8 Å². The van der Waals surface area contributed by atoms with E-state index < -0.39 is 0 Å². The first-order valence-corrected chi connectivity index (χ1v) is 6.97. The van der Waals surface area contributed by atoms with E-state index in [-0.39, 0.29) is 0 Å². The van der Waals surface area contributed by atoms with Crippen molar-refractivity contribution < 1.29 is 0 Å². The van der Waals surface area contributed by atoms with Gasteiger partial charge in [-0.05, 0) is 50.8 Å². The second-order valence-corrected chi connectivity index (χ2v) is 5.65. The van der Waals surface area contributed by atoms with Gasteiger partial charge in [0.1, 0.15) is 0 Å². The van der Waals surface area contributed by atoms with E-state index in [1.165, 1.54) is 37.0 Å². The van der Waals surface area contributed by atoms with Crippen LogP contribution in [0.15, 0.2) is 6.07 Å². The first kappa shape index (κ1) is 11.2. The normalized spacial score (nSPS) is 16.7. The molecule has 0 bridgehead atoms. The molecule has 1 atom stereocenters. The van der Waals surface area contributed by atoms with E-state index in [4.69, 9.17) is 0 Å². The van der Waals surface area contributed by atoms with Gasteiger partial charge in [0.15, 0.2) is 0 Å². The van der Waals surface area contributed by atoms with Gasteiger partial charge in [-0.2, -0.15) is 0 Å². The summed E-state index contributed by atoms with van der Waals surface area (Å²) in [6.07, 6.45) is 6.57. The molecule has 1 aliphatic rings. The van der Waals surface area contributed by atoms with Gasteiger partial charge in [-0.3, -0.25) is 0 Å². The van der Waals surface area contributed by atoms with E-state index in [9.17, 15) is 0 Å². The topological polar surface area (TPSA) is 12.0 Å². The van der Waals surface area contributed by atoms with Crippen LogP contribution in [0, 0.1) is 0 Å². The summed E-state index contributed by atoms with van der Waals surface area (Å²) in [7, 11) is 0. The van der Waals surface area contributed by atoms with Crippen LogP contribution < -0.4 is 5.32 Å². The zero-order valence-electron chi connectivity index (χ0n) is 9.81. The average molecular weight is 223 g/mol. The maximum absolute atomic E-state index is 3.60. The highest BCUT2D eigenvalue weighted by molar-refractivity contribution is 7.12. The molecule has 2 rings (SSSR count). The minimum atomic E-state index is 0.548. The summed E-state index contributed by atoms with van der Waals surface area (Å²) in [5.74, 6) is 0. The molecule has 2 heteroatoms. The Kier molecular flexibility index (Phi) is 3.81. The van der Waals surface area contributed by atoms with E-state index >= 15 is 0 Å². The lowest BCUT2D eigenvalue weighted by atomic mass is 10.2. The molecule has 0 radical (unpaired) electrons. The average Bonchev–Trinajstić information content (AvgIpc) is 2.76. The molecule has 0 aliphatic heterocycles. The lowest BCUT2D eigenvalue weighted by Crippen LogP contribution is -2.18. The highest BCUT2D eigenvalue weighted by Crippen LogP contribution is 2.33. The van der Waals surface area contributed by atoms with Crippen molar-refractivity contribution in [3.8, 4) is 0 Å². The van der Waals surface area contributed by atoms with Crippen molar-refractivity contribution in [2.75, 3.05) is 6.54 Å². The maximum atomic E-state index is 3.60. The number of hydrogen-bond acceptors (Lipinski definition) is 2. The molecule has 0 amide bonds. The highest BCUT2D eigenvalue weighted by Gasteiger charge is 2.17. The molecular weight excluding hydrogens is 202 g/mol. The van der Waals surface area contributed by atoms with E-state index in [0.717, 1.165) is 6.54 Å². The number of nitrogens with one attached hydrogen (secondary N) is 1. The fraction of sp³-hybridized carbons (Fsp3) is 0.692. The Labute approximate surface area is 96.9 Å². The van der Waals surface area contributed by atoms with E-state index in [1.54, 1.807) is 10.4 Å². The summed E-state index contributed by atoms with van der Waals surface area (Å²) in [5.41, 5.74) is 1.62. The lowest BCUT2D eigenvalue weighted by Gasteiger charge is -2.11. The molecule has 0 saturated carbocycles. The van der Waals surface area contributed by atoms with Crippen molar-refractivity contribution in [1.82, 2.24) is 5.32 Å². The maximum Gasteiger partial charge on any atom is 0.0386 e. The highest BCUT2D eigenvalue weighted by atomic mass is 32.1. The van der Waals surface area contributed by atoms with Crippen LogP contribution in [-0.2, 0) is 12.8 Å². The summed E-state index contributed by atoms with van der Waals surface area (Å²) in [6.45, 7) is 5.68. The molecule has 1 N–H and O–H groups in total. The first-order chi connectivity index (χ1) is 7.31. The van der Waals surface area contributed by atoms with Crippen molar-refractivity contribution in [3.63, 3.8) is 0 Å². The summed E-state index contributed by atoms with van der Waals surface area (Å²) in [5, 5.41) is 3.60.